The van der Waals surface area contributed by atoms with Gasteiger partial charge in [-0.25, -0.2) is 9.97 Å². The van der Waals surface area contributed by atoms with E-state index in [1.54, 1.807) is 30.6 Å². The van der Waals surface area contributed by atoms with E-state index < -0.39 is 0 Å². The lowest BCUT2D eigenvalue weighted by Gasteiger charge is -2.42. The lowest BCUT2D eigenvalue weighted by atomic mass is 10.2. The van der Waals surface area contributed by atoms with Gasteiger partial charge in [0.1, 0.15) is 6.17 Å². The van der Waals surface area contributed by atoms with Crippen LogP contribution < -0.4 is 10.2 Å². The van der Waals surface area contributed by atoms with Crippen molar-refractivity contribution in [1.82, 2.24) is 20.2 Å². The first-order chi connectivity index (χ1) is 16.6. The molecule has 1 saturated heterocycles. The minimum atomic E-state index is -0.166. The fourth-order valence-electron chi connectivity index (χ4n) is 3.85. The number of benzene rings is 2. The van der Waals surface area contributed by atoms with E-state index in [9.17, 15) is 4.79 Å². The van der Waals surface area contributed by atoms with Gasteiger partial charge in [-0.05, 0) is 29.3 Å². The zero-order valence-corrected chi connectivity index (χ0v) is 20.3. The second kappa shape index (κ2) is 12.1. The maximum absolute atomic E-state index is 13.1. The van der Waals surface area contributed by atoms with E-state index in [0.717, 1.165) is 11.1 Å². The van der Waals surface area contributed by atoms with Crippen molar-refractivity contribution in [2.24, 2.45) is 0 Å². The minimum Gasteiger partial charge on any atom is -0.376 e. The molecule has 1 N–H and O–H groups in total. The van der Waals surface area contributed by atoms with Gasteiger partial charge in [-0.15, -0.1) is 0 Å². The first-order valence-electron chi connectivity index (χ1n) is 11.2. The summed E-state index contributed by atoms with van der Waals surface area (Å²) in [7, 11) is 0. The second-order valence-corrected chi connectivity index (χ2v) is 8.83. The Labute approximate surface area is 209 Å². The molecule has 34 heavy (non-hydrogen) atoms. The number of hydrogen-bond acceptors (Lipinski definition) is 6. The molecule has 1 aromatic heterocycles. The van der Waals surface area contributed by atoms with Gasteiger partial charge in [0, 0.05) is 32.0 Å². The lowest BCUT2D eigenvalue weighted by Crippen LogP contribution is -2.61. The van der Waals surface area contributed by atoms with Crippen molar-refractivity contribution in [3.8, 4) is 0 Å². The second-order valence-electron chi connectivity index (χ2n) is 8.02. The van der Waals surface area contributed by atoms with Gasteiger partial charge in [0.15, 0.2) is 0 Å². The molecule has 9 heteroatoms. The number of hydrogen-bond donors (Lipinski definition) is 1. The van der Waals surface area contributed by atoms with E-state index in [-0.39, 0.29) is 12.1 Å². The zero-order valence-electron chi connectivity index (χ0n) is 18.7. The Hall–Kier alpha value is -2.71. The van der Waals surface area contributed by atoms with Crippen LogP contribution in [0.4, 0.5) is 5.95 Å². The summed E-state index contributed by atoms with van der Waals surface area (Å²) in [5.74, 6) is 0.722. The standard InChI is InChI=1S/C25H27Cl2N5O2/c26-21-8-7-20(15-22(21)27)18-34-14-9-24(33)32-13-12-31(25-28-10-4-11-29-25)17-23(32)30-16-19-5-2-1-3-6-19/h1-8,10-11,15,23,30H,9,12-14,16-18H2. The summed E-state index contributed by atoms with van der Waals surface area (Å²) in [6.07, 6.45) is 3.60. The van der Waals surface area contributed by atoms with E-state index in [1.807, 2.05) is 29.2 Å². The third kappa shape index (κ3) is 6.67. The Kier molecular flexibility index (Phi) is 8.71. The van der Waals surface area contributed by atoms with Gasteiger partial charge >= 0.3 is 0 Å². The zero-order chi connectivity index (χ0) is 23.8. The fourth-order valence-corrected chi connectivity index (χ4v) is 4.17. The molecule has 0 bridgehead atoms. The number of nitrogens with one attached hydrogen (secondary N) is 1. The molecule has 1 aliphatic heterocycles. The smallest absolute Gasteiger partial charge is 0.226 e. The largest absolute Gasteiger partial charge is 0.376 e. The number of ether oxygens (including phenoxy) is 1. The SMILES string of the molecule is O=C(CCOCc1ccc(Cl)c(Cl)c1)N1CCN(c2ncccn2)CC1NCc1ccccc1. The third-order valence-electron chi connectivity index (χ3n) is 5.63. The molecule has 2 heterocycles. The van der Waals surface area contributed by atoms with E-state index in [4.69, 9.17) is 27.9 Å². The van der Waals surface area contributed by atoms with Gasteiger partial charge in [0.05, 0.1) is 36.2 Å². The van der Waals surface area contributed by atoms with Crippen LogP contribution in [-0.2, 0) is 22.7 Å². The van der Waals surface area contributed by atoms with Crippen molar-refractivity contribution in [3.63, 3.8) is 0 Å². The van der Waals surface area contributed by atoms with Crippen molar-refractivity contribution < 1.29 is 9.53 Å². The number of halogens is 2. The van der Waals surface area contributed by atoms with Crippen LogP contribution in [0.3, 0.4) is 0 Å². The number of rotatable bonds is 9. The molecule has 1 unspecified atom stereocenters. The molecule has 0 aliphatic carbocycles. The Morgan fingerprint density at radius 3 is 2.56 bits per heavy atom. The van der Waals surface area contributed by atoms with Gasteiger partial charge < -0.3 is 14.5 Å². The van der Waals surface area contributed by atoms with Crippen LogP contribution in [0.25, 0.3) is 0 Å². The summed E-state index contributed by atoms with van der Waals surface area (Å²) in [6.45, 7) is 3.21. The molecule has 4 rings (SSSR count). The molecular weight excluding hydrogens is 473 g/mol. The Morgan fingerprint density at radius 1 is 1.00 bits per heavy atom. The van der Waals surface area contributed by atoms with Crippen molar-refractivity contribution in [3.05, 3.63) is 88.2 Å². The normalized spacial score (nSPS) is 16.0. The number of piperazine rings is 1. The molecule has 2 aromatic carbocycles. The number of carbonyl (C=O) groups excluding carboxylic acids is 1. The Bertz CT molecular complexity index is 1070. The third-order valence-corrected chi connectivity index (χ3v) is 6.37. The fraction of sp³-hybridized carbons (Fsp3) is 0.320. The molecular formula is C25H27Cl2N5O2. The number of aromatic nitrogens is 2. The van der Waals surface area contributed by atoms with Crippen LogP contribution in [0.15, 0.2) is 67.0 Å². The van der Waals surface area contributed by atoms with Crippen LogP contribution in [0.1, 0.15) is 17.5 Å². The lowest BCUT2D eigenvalue weighted by molar-refractivity contribution is -0.136. The highest BCUT2D eigenvalue weighted by atomic mass is 35.5. The summed E-state index contributed by atoms with van der Waals surface area (Å²) in [4.78, 5) is 25.8. The monoisotopic (exact) mass is 499 g/mol. The molecule has 1 atom stereocenters. The highest BCUT2D eigenvalue weighted by molar-refractivity contribution is 6.42. The maximum atomic E-state index is 13.1. The molecule has 0 radical (unpaired) electrons. The van der Waals surface area contributed by atoms with Gasteiger partial charge in [0.25, 0.3) is 0 Å². The predicted molar refractivity (Wildman–Crippen MR) is 134 cm³/mol. The van der Waals surface area contributed by atoms with E-state index in [2.05, 4.69) is 32.3 Å². The van der Waals surface area contributed by atoms with E-state index in [1.165, 1.54) is 0 Å². The van der Waals surface area contributed by atoms with Crippen molar-refractivity contribution in [2.75, 3.05) is 31.1 Å². The summed E-state index contributed by atoms with van der Waals surface area (Å²) in [5.41, 5.74) is 2.08. The average Bonchev–Trinajstić information content (AvgIpc) is 2.88. The predicted octanol–water partition coefficient (Wildman–Crippen LogP) is 4.15. The van der Waals surface area contributed by atoms with Gasteiger partial charge in [-0.1, -0.05) is 59.6 Å². The van der Waals surface area contributed by atoms with Gasteiger partial charge in [-0.3, -0.25) is 10.1 Å². The highest BCUT2D eigenvalue weighted by Gasteiger charge is 2.31. The molecule has 0 saturated carbocycles. The number of carbonyl (C=O) groups is 1. The number of nitrogens with zero attached hydrogens (tertiary/aromatic N) is 4. The first kappa shape index (κ1) is 24.4. The number of anilines is 1. The molecule has 1 aliphatic rings. The summed E-state index contributed by atoms with van der Waals surface area (Å²) >= 11 is 12.0. The van der Waals surface area contributed by atoms with Crippen LogP contribution in [0, 0.1) is 0 Å². The van der Waals surface area contributed by atoms with Gasteiger partial charge in [0.2, 0.25) is 11.9 Å². The van der Waals surface area contributed by atoms with Crippen molar-refractivity contribution >= 4 is 35.1 Å². The Balaban J connectivity index is 1.34. The van der Waals surface area contributed by atoms with Crippen molar-refractivity contribution in [1.29, 1.82) is 0 Å². The summed E-state index contributed by atoms with van der Waals surface area (Å²) < 4.78 is 5.73. The van der Waals surface area contributed by atoms with Crippen molar-refractivity contribution in [2.45, 2.75) is 25.7 Å². The van der Waals surface area contributed by atoms with Crippen LogP contribution >= 0.6 is 23.2 Å². The Morgan fingerprint density at radius 2 is 1.79 bits per heavy atom. The van der Waals surface area contributed by atoms with Crippen LogP contribution in [0.5, 0.6) is 0 Å². The first-order valence-corrected chi connectivity index (χ1v) is 12.0. The minimum absolute atomic E-state index is 0.0494. The summed E-state index contributed by atoms with van der Waals surface area (Å²) in [6, 6.07) is 17.3. The quantitative estimate of drug-likeness (QED) is 0.445. The molecule has 1 amide bonds. The summed E-state index contributed by atoms with van der Waals surface area (Å²) in [5, 5.41) is 4.54. The molecule has 178 valence electrons. The van der Waals surface area contributed by atoms with Gasteiger partial charge in [-0.2, -0.15) is 0 Å². The number of amides is 1. The molecule has 7 nitrogen and oxygen atoms in total. The average molecular weight is 500 g/mol. The molecule has 0 spiro atoms. The highest BCUT2D eigenvalue weighted by Crippen LogP contribution is 2.23. The molecule has 3 aromatic rings. The van der Waals surface area contributed by atoms with Crippen LogP contribution in [0.2, 0.25) is 10.0 Å². The van der Waals surface area contributed by atoms with E-state index in [0.29, 0.717) is 61.8 Å². The van der Waals surface area contributed by atoms with E-state index >= 15 is 0 Å². The topological polar surface area (TPSA) is 70.6 Å². The maximum Gasteiger partial charge on any atom is 0.226 e. The molecule has 1 fully saturated rings. The van der Waals surface area contributed by atoms with Crippen LogP contribution in [-0.4, -0.2) is 53.2 Å².